The molecule has 1 atom stereocenters. The molecule has 0 bridgehead atoms. The number of amides is 4. The molecule has 1 aliphatic rings. The molecule has 0 aromatic rings. The molecule has 0 aromatic carbocycles. The van der Waals surface area contributed by atoms with Crippen molar-refractivity contribution in [2.45, 2.75) is 90.2 Å². The number of aliphatic carboxylic acids is 1. The number of carboxylic acids is 1. The average Bonchev–Trinajstić information content (AvgIpc) is 2.97. The number of unbranched alkanes of at least 4 members (excludes halogenated alkanes) is 3. The van der Waals surface area contributed by atoms with E-state index in [1.807, 2.05) is 0 Å². The Balaban J connectivity index is 2.09. The van der Waals surface area contributed by atoms with Crippen molar-refractivity contribution in [2.24, 2.45) is 0 Å². The number of alkyl carbamates (subject to hydrolysis) is 1. The zero-order valence-corrected chi connectivity index (χ0v) is 18.7. The highest BCUT2D eigenvalue weighted by Gasteiger charge is 2.38. The maximum absolute atomic E-state index is 11.8. The summed E-state index contributed by atoms with van der Waals surface area (Å²) in [5, 5.41) is 14.8. The van der Waals surface area contributed by atoms with E-state index in [-0.39, 0.29) is 25.2 Å². The zero-order valence-electron chi connectivity index (χ0n) is 18.7. The molecule has 1 fully saturated rings. The Labute approximate surface area is 183 Å². The molecule has 0 saturated carbocycles. The van der Waals surface area contributed by atoms with Crippen LogP contribution in [0.4, 0.5) is 4.79 Å². The van der Waals surface area contributed by atoms with Gasteiger partial charge in [0.1, 0.15) is 11.6 Å². The quantitative estimate of drug-likeness (QED) is 0.293. The Morgan fingerprint density at radius 3 is 2.13 bits per heavy atom. The third-order valence-electron chi connectivity index (χ3n) is 4.66. The largest absolute Gasteiger partial charge is 0.480 e. The van der Waals surface area contributed by atoms with E-state index in [2.05, 4.69) is 10.6 Å². The molecule has 10 nitrogen and oxygen atoms in total. The van der Waals surface area contributed by atoms with Gasteiger partial charge < -0.3 is 20.5 Å². The van der Waals surface area contributed by atoms with Crippen LogP contribution in [0.3, 0.4) is 0 Å². The Morgan fingerprint density at radius 2 is 1.55 bits per heavy atom. The fraction of sp³-hybridized carbons (Fsp3) is 0.762. The van der Waals surface area contributed by atoms with Gasteiger partial charge >= 0.3 is 12.1 Å². The SMILES string of the molecule is CC(C)(C)OC(=O)NCCCCCC(=O)NCCCCC(C(=O)O)N1C(=O)CCC1=O. The number of imide groups is 1. The topological polar surface area (TPSA) is 142 Å². The number of carboxylic acid groups (broad SMARTS) is 1. The number of hydrogen-bond acceptors (Lipinski definition) is 6. The van der Waals surface area contributed by atoms with Gasteiger partial charge in [0, 0.05) is 32.4 Å². The number of nitrogens with zero attached hydrogens (tertiary/aromatic N) is 1. The molecule has 10 heteroatoms. The van der Waals surface area contributed by atoms with Crippen LogP contribution in [0.25, 0.3) is 0 Å². The van der Waals surface area contributed by atoms with Gasteiger partial charge in [-0.2, -0.15) is 0 Å². The molecule has 3 N–H and O–H groups in total. The van der Waals surface area contributed by atoms with Crippen molar-refractivity contribution in [3.05, 3.63) is 0 Å². The summed E-state index contributed by atoms with van der Waals surface area (Å²) < 4.78 is 5.13. The molecule has 0 aliphatic carbocycles. The monoisotopic (exact) mass is 441 g/mol. The van der Waals surface area contributed by atoms with Crippen LogP contribution >= 0.6 is 0 Å². The van der Waals surface area contributed by atoms with Crippen molar-refractivity contribution < 1.29 is 33.8 Å². The minimum absolute atomic E-state index is 0.0652. The fourth-order valence-electron chi connectivity index (χ4n) is 3.18. The molecule has 1 saturated heterocycles. The first kappa shape index (κ1) is 26.4. The van der Waals surface area contributed by atoms with Crippen molar-refractivity contribution in [1.29, 1.82) is 0 Å². The second kappa shape index (κ2) is 12.9. The third-order valence-corrected chi connectivity index (χ3v) is 4.66. The van der Waals surface area contributed by atoms with E-state index in [4.69, 9.17) is 4.74 Å². The Morgan fingerprint density at radius 1 is 0.968 bits per heavy atom. The molecule has 1 heterocycles. The number of carbonyl (C=O) groups excluding carboxylic acids is 4. The van der Waals surface area contributed by atoms with Gasteiger partial charge in [0.15, 0.2) is 0 Å². The van der Waals surface area contributed by atoms with Gasteiger partial charge in [0.25, 0.3) is 0 Å². The van der Waals surface area contributed by atoms with E-state index in [0.717, 1.165) is 17.7 Å². The molecule has 1 aliphatic heterocycles. The highest BCUT2D eigenvalue weighted by molar-refractivity contribution is 6.04. The van der Waals surface area contributed by atoms with Gasteiger partial charge in [-0.15, -0.1) is 0 Å². The summed E-state index contributed by atoms with van der Waals surface area (Å²) in [7, 11) is 0. The van der Waals surface area contributed by atoms with Gasteiger partial charge in [-0.25, -0.2) is 9.59 Å². The van der Waals surface area contributed by atoms with E-state index >= 15 is 0 Å². The highest BCUT2D eigenvalue weighted by Crippen LogP contribution is 2.19. The number of likely N-dealkylation sites (tertiary alicyclic amines) is 1. The van der Waals surface area contributed by atoms with E-state index in [9.17, 15) is 29.1 Å². The number of ether oxygens (including phenoxy) is 1. The van der Waals surface area contributed by atoms with Crippen molar-refractivity contribution in [3.8, 4) is 0 Å². The molecule has 0 radical (unpaired) electrons. The second-order valence-corrected chi connectivity index (χ2v) is 8.60. The van der Waals surface area contributed by atoms with Crippen LogP contribution in [0.15, 0.2) is 0 Å². The van der Waals surface area contributed by atoms with Crippen LogP contribution in [0.5, 0.6) is 0 Å². The molecule has 31 heavy (non-hydrogen) atoms. The lowest BCUT2D eigenvalue weighted by atomic mass is 10.1. The smallest absolute Gasteiger partial charge is 0.407 e. The van der Waals surface area contributed by atoms with Gasteiger partial charge in [0.2, 0.25) is 17.7 Å². The normalized spacial score (nSPS) is 15.0. The van der Waals surface area contributed by atoms with Crippen molar-refractivity contribution in [3.63, 3.8) is 0 Å². The first-order chi connectivity index (χ1) is 14.5. The first-order valence-corrected chi connectivity index (χ1v) is 10.8. The minimum Gasteiger partial charge on any atom is -0.480 e. The van der Waals surface area contributed by atoms with Crippen LogP contribution in [0.2, 0.25) is 0 Å². The third kappa shape index (κ3) is 10.8. The van der Waals surface area contributed by atoms with Crippen molar-refractivity contribution >= 4 is 29.8 Å². The Bertz CT molecular complexity index is 642. The van der Waals surface area contributed by atoms with E-state index in [1.165, 1.54) is 0 Å². The van der Waals surface area contributed by atoms with E-state index < -0.39 is 35.5 Å². The lowest BCUT2D eigenvalue weighted by Gasteiger charge is -2.22. The number of hydrogen-bond donors (Lipinski definition) is 3. The fourth-order valence-corrected chi connectivity index (χ4v) is 3.18. The average molecular weight is 442 g/mol. The van der Waals surface area contributed by atoms with Crippen LogP contribution in [-0.2, 0) is 23.9 Å². The number of carbonyl (C=O) groups is 5. The standard InChI is InChI=1S/C21H35N3O7/c1-21(2,3)31-20(30)23-14-7-4-5-10-16(25)22-13-8-6-9-15(19(28)29)24-17(26)11-12-18(24)27/h15H,4-14H2,1-3H3,(H,22,25)(H,23,30)(H,28,29). The predicted molar refractivity (Wildman–Crippen MR) is 112 cm³/mol. The van der Waals surface area contributed by atoms with E-state index in [0.29, 0.717) is 38.8 Å². The molecule has 4 amide bonds. The van der Waals surface area contributed by atoms with Crippen molar-refractivity contribution in [1.82, 2.24) is 15.5 Å². The van der Waals surface area contributed by atoms with E-state index in [1.54, 1.807) is 20.8 Å². The molecule has 0 aromatic heterocycles. The van der Waals surface area contributed by atoms with Gasteiger partial charge in [-0.05, 0) is 52.9 Å². The summed E-state index contributed by atoms with van der Waals surface area (Å²) in [6.45, 7) is 6.29. The highest BCUT2D eigenvalue weighted by atomic mass is 16.6. The van der Waals surface area contributed by atoms with Crippen LogP contribution in [0.1, 0.15) is 78.6 Å². The molecule has 0 spiro atoms. The maximum atomic E-state index is 11.8. The summed E-state index contributed by atoms with van der Waals surface area (Å²) in [5.41, 5.74) is -0.528. The van der Waals surface area contributed by atoms with Crippen LogP contribution in [-0.4, -0.2) is 64.5 Å². The lowest BCUT2D eigenvalue weighted by molar-refractivity contribution is -0.154. The Hall–Kier alpha value is -2.65. The minimum atomic E-state index is -1.19. The van der Waals surface area contributed by atoms with Gasteiger partial charge in [-0.3, -0.25) is 19.3 Å². The molecule has 176 valence electrons. The van der Waals surface area contributed by atoms with Gasteiger partial charge in [-0.1, -0.05) is 6.42 Å². The van der Waals surface area contributed by atoms with Crippen LogP contribution in [0, 0.1) is 0 Å². The summed E-state index contributed by atoms with van der Waals surface area (Å²) in [6, 6.07) is -1.13. The molecular weight excluding hydrogens is 406 g/mol. The molecule has 1 unspecified atom stereocenters. The van der Waals surface area contributed by atoms with Crippen molar-refractivity contribution in [2.75, 3.05) is 13.1 Å². The molecular formula is C21H35N3O7. The molecule has 1 rings (SSSR count). The number of nitrogens with one attached hydrogen (secondary N) is 2. The summed E-state index contributed by atoms with van der Waals surface area (Å²) >= 11 is 0. The first-order valence-electron chi connectivity index (χ1n) is 10.8. The number of rotatable bonds is 13. The summed E-state index contributed by atoms with van der Waals surface area (Å²) in [6.07, 6.45) is 3.50. The maximum Gasteiger partial charge on any atom is 0.407 e. The predicted octanol–water partition coefficient (Wildman–Crippen LogP) is 1.96. The lowest BCUT2D eigenvalue weighted by Crippen LogP contribution is -2.44. The summed E-state index contributed by atoms with van der Waals surface area (Å²) in [4.78, 5) is 59.0. The zero-order chi connectivity index (χ0) is 23.4. The Kier molecular flexibility index (Phi) is 11.0. The van der Waals surface area contributed by atoms with Gasteiger partial charge in [0.05, 0.1) is 0 Å². The second-order valence-electron chi connectivity index (χ2n) is 8.60. The summed E-state index contributed by atoms with van der Waals surface area (Å²) in [5.74, 6) is -2.15. The van der Waals surface area contributed by atoms with Crippen LogP contribution < -0.4 is 10.6 Å².